The van der Waals surface area contributed by atoms with Crippen molar-refractivity contribution in [3.05, 3.63) is 30.2 Å². The summed E-state index contributed by atoms with van der Waals surface area (Å²) in [6, 6.07) is 5.06. The highest BCUT2D eigenvalue weighted by Crippen LogP contribution is 2.34. The van der Waals surface area contributed by atoms with Gasteiger partial charge < -0.3 is 10.5 Å². The van der Waals surface area contributed by atoms with Gasteiger partial charge in [0, 0.05) is 29.6 Å². The highest BCUT2D eigenvalue weighted by molar-refractivity contribution is 7.99. The number of benzene rings is 1. The number of anilines is 1. The molecule has 0 spiro atoms. The molecule has 1 saturated heterocycles. The van der Waals surface area contributed by atoms with Crippen LogP contribution in [0, 0.1) is 5.82 Å². The molecule has 0 aliphatic carbocycles. The standard InChI is InChI=1S/C14H15FN2OS/c15-11-7-12(16)10-4-1-5-17-13(10)14(11)19-8-9-3-2-6-18-9/h1,4-5,7,9H,2-3,6,8,16H2. The molecular formula is C14H15FN2OS. The fourth-order valence-corrected chi connectivity index (χ4v) is 3.41. The van der Waals surface area contributed by atoms with E-state index in [0.717, 1.165) is 30.6 Å². The minimum Gasteiger partial charge on any atom is -0.398 e. The summed E-state index contributed by atoms with van der Waals surface area (Å²) in [5.74, 6) is 0.457. The molecule has 100 valence electrons. The van der Waals surface area contributed by atoms with E-state index in [1.54, 1.807) is 6.20 Å². The van der Waals surface area contributed by atoms with Gasteiger partial charge in [-0.3, -0.25) is 4.98 Å². The molecule has 1 aliphatic rings. The number of nitrogens with zero attached hydrogens (tertiary/aromatic N) is 1. The van der Waals surface area contributed by atoms with Gasteiger partial charge in [-0.1, -0.05) is 0 Å². The van der Waals surface area contributed by atoms with Crippen LogP contribution in [0.25, 0.3) is 10.9 Å². The highest BCUT2D eigenvalue weighted by Gasteiger charge is 2.18. The molecular weight excluding hydrogens is 263 g/mol. The maximum Gasteiger partial charge on any atom is 0.141 e. The summed E-state index contributed by atoms with van der Waals surface area (Å²) in [4.78, 5) is 4.84. The second-order valence-corrected chi connectivity index (χ2v) is 5.65. The average molecular weight is 278 g/mol. The Balaban J connectivity index is 1.93. The third-order valence-corrected chi connectivity index (χ3v) is 4.49. The quantitative estimate of drug-likeness (QED) is 0.691. The molecule has 1 fully saturated rings. The van der Waals surface area contributed by atoms with E-state index in [-0.39, 0.29) is 11.9 Å². The van der Waals surface area contributed by atoms with E-state index in [9.17, 15) is 4.39 Å². The van der Waals surface area contributed by atoms with Crippen LogP contribution >= 0.6 is 11.8 Å². The van der Waals surface area contributed by atoms with Crippen molar-refractivity contribution in [3.8, 4) is 0 Å². The third-order valence-electron chi connectivity index (χ3n) is 3.27. The molecule has 2 heterocycles. The van der Waals surface area contributed by atoms with Crippen LogP contribution in [0.1, 0.15) is 12.8 Å². The molecule has 3 rings (SSSR count). The second kappa shape index (κ2) is 5.35. The van der Waals surface area contributed by atoms with Crippen LogP contribution in [0.15, 0.2) is 29.3 Å². The van der Waals surface area contributed by atoms with Crippen LogP contribution in [-0.2, 0) is 4.74 Å². The van der Waals surface area contributed by atoms with E-state index in [1.165, 1.54) is 17.8 Å². The summed E-state index contributed by atoms with van der Waals surface area (Å²) in [6.45, 7) is 0.814. The van der Waals surface area contributed by atoms with Gasteiger partial charge in [0.2, 0.25) is 0 Å². The van der Waals surface area contributed by atoms with Crippen molar-refractivity contribution in [1.82, 2.24) is 4.98 Å². The molecule has 1 aliphatic heterocycles. The number of nitrogen functional groups attached to an aromatic ring is 1. The van der Waals surface area contributed by atoms with Crippen molar-refractivity contribution in [2.24, 2.45) is 0 Å². The predicted octanol–water partition coefficient (Wildman–Crippen LogP) is 3.23. The molecule has 1 aromatic heterocycles. The number of aromatic nitrogens is 1. The first-order valence-electron chi connectivity index (χ1n) is 6.33. The Morgan fingerprint density at radius 1 is 1.53 bits per heavy atom. The Bertz CT molecular complexity index is 599. The van der Waals surface area contributed by atoms with Crippen molar-refractivity contribution < 1.29 is 9.13 Å². The molecule has 19 heavy (non-hydrogen) atoms. The maximum atomic E-state index is 14.1. The summed E-state index contributed by atoms with van der Waals surface area (Å²) in [7, 11) is 0. The van der Waals surface area contributed by atoms with Gasteiger partial charge >= 0.3 is 0 Å². The Hall–Kier alpha value is -1.33. The van der Waals surface area contributed by atoms with E-state index >= 15 is 0 Å². The SMILES string of the molecule is Nc1cc(F)c(SCC2CCCO2)c2ncccc12. The lowest BCUT2D eigenvalue weighted by molar-refractivity contribution is 0.129. The number of pyridine rings is 1. The summed E-state index contributed by atoms with van der Waals surface area (Å²) in [5.41, 5.74) is 6.90. The van der Waals surface area contributed by atoms with Gasteiger partial charge in [0.05, 0.1) is 16.5 Å². The van der Waals surface area contributed by atoms with Gasteiger partial charge in [0.1, 0.15) is 5.82 Å². The second-order valence-electron chi connectivity index (χ2n) is 4.62. The monoisotopic (exact) mass is 278 g/mol. The normalized spacial score (nSPS) is 19.1. The molecule has 1 unspecified atom stereocenters. The van der Waals surface area contributed by atoms with Crippen molar-refractivity contribution >= 4 is 28.4 Å². The summed E-state index contributed by atoms with van der Waals surface area (Å²) in [5, 5.41) is 0.804. The van der Waals surface area contributed by atoms with Crippen LogP contribution in [0.2, 0.25) is 0 Å². The number of rotatable bonds is 3. The first-order valence-corrected chi connectivity index (χ1v) is 7.31. The van der Waals surface area contributed by atoms with Crippen LogP contribution in [0.5, 0.6) is 0 Å². The topological polar surface area (TPSA) is 48.1 Å². The number of hydrogen-bond acceptors (Lipinski definition) is 4. The first kappa shape index (κ1) is 12.7. The third kappa shape index (κ3) is 2.53. The lowest BCUT2D eigenvalue weighted by atomic mass is 10.2. The molecule has 5 heteroatoms. The zero-order valence-electron chi connectivity index (χ0n) is 10.4. The smallest absolute Gasteiger partial charge is 0.141 e. The Morgan fingerprint density at radius 3 is 3.21 bits per heavy atom. The molecule has 0 bridgehead atoms. The molecule has 2 aromatic rings. The zero-order chi connectivity index (χ0) is 13.2. The molecule has 0 radical (unpaired) electrons. The van der Waals surface area contributed by atoms with Gasteiger partial charge in [-0.15, -0.1) is 11.8 Å². The van der Waals surface area contributed by atoms with Crippen LogP contribution in [-0.4, -0.2) is 23.4 Å². The fourth-order valence-electron chi connectivity index (χ4n) is 2.30. The Morgan fingerprint density at radius 2 is 2.42 bits per heavy atom. The maximum absolute atomic E-state index is 14.1. The molecule has 0 amide bonds. The molecule has 0 saturated carbocycles. The largest absolute Gasteiger partial charge is 0.398 e. The molecule has 3 nitrogen and oxygen atoms in total. The van der Waals surface area contributed by atoms with E-state index < -0.39 is 0 Å². The summed E-state index contributed by atoms with van der Waals surface area (Å²) < 4.78 is 19.6. The van der Waals surface area contributed by atoms with Crippen LogP contribution in [0.4, 0.5) is 10.1 Å². The van der Waals surface area contributed by atoms with E-state index in [0.29, 0.717) is 16.1 Å². The average Bonchev–Trinajstić information content (AvgIpc) is 2.92. The number of thioether (sulfide) groups is 1. The van der Waals surface area contributed by atoms with E-state index in [1.807, 2.05) is 12.1 Å². The Labute approximate surface area is 115 Å². The van der Waals surface area contributed by atoms with Crippen molar-refractivity contribution in [2.75, 3.05) is 18.1 Å². The van der Waals surface area contributed by atoms with Gasteiger partial charge in [0.25, 0.3) is 0 Å². The fraction of sp³-hybridized carbons (Fsp3) is 0.357. The number of halogens is 1. The van der Waals surface area contributed by atoms with Crippen molar-refractivity contribution in [1.29, 1.82) is 0 Å². The van der Waals surface area contributed by atoms with E-state index in [4.69, 9.17) is 10.5 Å². The van der Waals surface area contributed by atoms with Crippen molar-refractivity contribution in [2.45, 2.75) is 23.8 Å². The predicted molar refractivity (Wildman–Crippen MR) is 75.8 cm³/mol. The molecule has 1 aromatic carbocycles. The minimum atomic E-state index is -0.299. The lowest BCUT2D eigenvalue weighted by Gasteiger charge is -2.12. The summed E-state index contributed by atoms with van der Waals surface area (Å²) >= 11 is 1.46. The van der Waals surface area contributed by atoms with Gasteiger partial charge in [-0.2, -0.15) is 0 Å². The van der Waals surface area contributed by atoms with Gasteiger partial charge in [-0.05, 0) is 31.0 Å². The van der Waals surface area contributed by atoms with Crippen LogP contribution < -0.4 is 5.73 Å². The summed E-state index contributed by atoms with van der Waals surface area (Å²) in [6.07, 6.45) is 4.03. The van der Waals surface area contributed by atoms with Gasteiger partial charge in [0.15, 0.2) is 0 Å². The minimum absolute atomic E-state index is 0.223. The molecule has 1 atom stereocenters. The van der Waals surface area contributed by atoms with Crippen LogP contribution in [0.3, 0.4) is 0 Å². The number of nitrogens with two attached hydrogens (primary N) is 1. The Kier molecular flexibility index (Phi) is 3.57. The van der Waals surface area contributed by atoms with Crippen molar-refractivity contribution in [3.63, 3.8) is 0 Å². The zero-order valence-corrected chi connectivity index (χ0v) is 11.3. The number of hydrogen-bond donors (Lipinski definition) is 1. The highest BCUT2D eigenvalue weighted by atomic mass is 32.2. The number of fused-ring (bicyclic) bond motifs is 1. The number of ether oxygens (including phenoxy) is 1. The van der Waals surface area contributed by atoms with E-state index in [2.05, 4.69) is 4.98 Å². The van der Waals surface area contributed by atoms with Gasteiger partial charge in [-0.25, -0.2) is 4.39 Å². The molecule has 2 N–H and O–H groups in total. The lowest BCUT2D eigenvalue weighted by Crippen LogP contribution is -2.08. The first-order chi connectivity index (χ1) is 9.25.